The minimum absolute atomic E-state index is 0.206. The van der Waals surface area contributed by atoms with Crippen molar-refractivity contribution in [3.8, 4) is 0 Å². The number of nitrogens with two attached hydrogens (primary N) is 1. The number of benzene rings is 3. The van der Waals surface area contributed by atoms with Crippen LogP contribution < -0.4 is 21.3 Å². The summed E-state index contributed by atoms with van der Waals surface area (Å²) in [6, 6.07) is 21.9. The van der Waals surface area contributed by atoms with E-state index in [4.69, 9.17) is 5.73 Å². The summed E-state index contributed by atoms with van der Waals surface area (Å²) in [6.45, 7) is 4.96. The molecule has 224 valence electrons. The predicted molar refractivity (Wildman–Crippen MR) is 170 cm³/mol. The summed E-state index contributed by atoms with van der Waals surface area (Å²) in [7, 11) is 3.88. The fourth-order valence-electron chi connectivity index (χ4n) is 5.68. The Balaban J connectivity index is 1.39. The number of aromatic nitrogens is 1. The van der Waals surface area contributed by atoms with Gasteiger partial charge in [-0.25, -0.2) is 4.79 Å². The molecule has 0 saturated carbocycles. The van der Waals surface area contributed by atoms with Gasteiger partial charge in [0.2, 0.25) is 5.91 Å². The van der Waals surface area contributed by atoms with E-state index in [1.165, 1.54) is 0 Å². The monoisotopic (exact) mass is 581 g/mol. The highest BCUT2D eigenvalue weighted by Crippen LogP contribution is 2.29. The van der Waals surface area contributed by atoms with Gasteiger partial charge in [0, 0.05) is 61.4 Å². The van der Waals surface area contributed by atoms with E-state index in [1.807, 2.05) is 80.6 Å². The maximum atomic E-state index is 14.0. The molecule has 1 aromatic heterocycles. The number of urea groups is 1. The van der Waals surface area contributed by atoms with Gasteiger partial charge < -0.3 is 36.1 Å². The zero-order chi connectivity index (χ0) is 30.5. The number of carbonyl (C=O) groups excluding carboxylic acids is 3. The molecule has 0 aliphatic carbocycles. The molecule has 0 bridgehead atoms. The van der Waals surface area contributed by atoms with Crippen molar-refractivity contribution in [1.29, 1.82) is 0 Å². The van der Waals surface area contributed by atoms with Gasteiger partial charge in [-0.3, -0.25) is 9.59 Å². The van der Waals surface area contributed by atoms with E-state index in [9.17, 15) is 14.4 Å². The first-order chi connectivity index (χ1) is 20.7. The van der Waals surface area contributed by atoms with E-state index >= 15 is 0 Å². The lowest BCUT2D eigenvalue weighted by molar-refractivity contribution is -0.118. The summed E-state index contributed by atoms with van der Waals surface area (Å²) in [5, 5.41) is 6.93. The smallest absolute Gasteiger partial charge is 0.318 e. The molecule has 0 radical (unpaired) electrons. The van der Waals surface area contributed by atoms with E-state index in [1.54, 1.807) is 17.0 Å². The Labute approximate surface area is 251 Å². The number of rotatable bonds is 9. The van der Waals surface area contributed by atoms with E-state index in [0.29, 0.717) is 38.4 Å². The van der Waals surface area contributed by atoms with E-state index in [-0.39, 0.29) is 11.6 Å². The Morgan fingerprint density at radius 1 is 0.953 bits per heavy atom. The molecule has 43 heavy (non-hydrogen) atoms. The van der Waals surface area contributed by atoms with Gasteiger partial charge in [-0.05, 0) is 55.6 Å². The molecule has 4 amide bonds. The van der Waals surface area contributed by atoms with Crippen LogP contribution in [0.15, 0.2) is 79.0 Å². The van der Waals surface area contributed by atoms with Gasteiger partial charge in [-0.15, -0.1) is 0 Å². The third-order valence-electron chi connectivity index (χ3n) is 7.97. The van der Waals surface area contributed by atoms with Crippen LogP contribution in [-0.4, -0.2) is 78.9 Å². The zero-order valence-electron chi connectivity index (χ0n) is 24.8. The third kappa shape index (κ3) is 6.81. The second kappa shape index (κ2) is 13.0. The molecule has 10 nitrogen and oxygen atoms in total. The van der Waals surface area contributed by atoms with Crippen molar-refractivity contribution in [2.45, 2.75) is 25.4 Å². The number of piperazine rings is 1. The molecule has 10 heteroatoms. The average molecular weight is 582 g/mol. The summed E-state index contributed by atoms with van der Waals surface area (Å²) in [5.41, 5.74) is 10.1. The first kappa shape index (κ1) is 29.7. The number of anilines is 2. The highest BCUT2D eigenvalue weighted by Gasteiger charge is 2.32. The molecule has 1 aliphatic rings. The number of amides is 4. The van der Waals surface area contributed by atoms with Crippen LogP contribution in [0.4, 0.5) is 16.2 Å². The van der Waals surface area contributed by atoms with Crippen molar-refractivity contribution < 1.29 is 14.4 Å². The van der Waals surface area contributed by atoms with Gasteiger partial charge in [0.25, 0.3) is 5.91 Å². The van der Waals surface area contributed by atoms with Gasteiger partial charge in [-0.1, -0.05) is 49.4 Å². The van der Waals surface area contributed by atoms with Gasteiger partial charge >= 0.3 is 6.03 Å². The molecule has 2 unspecified atom stereocenters. The number of primary amides is 1. The molecule has 1 fully saturated rings. The molecule has 5 N–H and O–H groups in total. The number of nitrogens with one attached hydrogen (secondary N) is 3. The molecule has 2 atom stereocenters. The van der Waals surface area contributed by atoms with E-state index in [2.05, 4.69) is 32.7 Å². The first-order valence-electron chi connectivity index (χ1n) is 14.5. The lowest BCUT2D eigenvalue weighted by Gasteiger charge is -2.37. The number of hydrogen-bond acceptors (Lipinski definition) is 5. The van der Waals surface area contributed by atoms with Crippen LogP contribution in [0.1, 0.15) is 34.3 Å². The quantitative estimate of drug-likeness (QED) is 0.238. The molecule has 5 rings (SSSR count). The molecular formula is C33H39N7O3. The van der Waals surface area contributed by atoms with Crippen LogP contribution in [0.5, 0.6) is 0 Å². The summed E-state index contributed by atoms with van der Waals surface area (Å²) in [6.07, 6.45) is 1.88. The normalized spacial score (nSPS) is 14.9. The fourth-order valence-corrected chi connectivity index (χ4v) is 5.68. The number of fused-ring (bicyclic) bond motifs is 1. The molecule has 1 aliphatic heterocycles. The molecule has 2 heterocycles. The van der Waals surface area contributed by atoms with Crippen molar-refractivity contribution >= 4 is 40.1 Å². The number of H-pyrrole nitrogens is 1. The van der Waals surface area contributed by atoms with Crippen molar-refractivity contribution in [3.63, 3.8) is 0 Å². The molecule has 3 aromatic carbocycles. The topological polar surface area (TPSA) is 127 Å². The second-order valence-corrected chi connectivity index (χ2v) is 11.3. The lowest BCUT2D eigenvalue weighted by Crippen LogP contribution is -2.56. The van der Waals surface area contributed by atoms with Gasteiger partial charge in [-0.2, -0.15) is 0 Å². The van der Waals surface area contributed by atoms with Crippen LogP contribution in [0, 0.1) is 0 Å². The van der Waals surface area contributed by atoms with Crippen molar-refractivity contribution in [1.82, 2.24) is 20.1 Å². The van der Waals surface area contributed by atoms with Crippen LogP contribution in [0.3, 0.4) is 0 Å². The first-order valence-corrected chi connectivity index (χ1v) is 14.5. The highest BCUT2D eigenvalue weighted by molar-refractivity contribution is 6.05. The number of aromatic amines is 1. The Kier molecular flexibility index (Phi) is 8.96. The summed E-state index contributed by atoms with van der Waals surface area (Å²) < 4.78 is 0. The molecule has 0 spiro atoms. The fraction of sp³-hybridized carbons (Fsp3) is 0.303. The summed E-state index contributed by atoms with van der Waals surface area (Å²) in [5.74, 6) is -1.47. The Hall–Kier alpha value is -4.83. The van der Waals surface area contributed by atoms with Gasteiger partial charge in [0.1, 0.15) is 6.04 Å². The number of para-hydroxylation sites is 2. The Morgan fingerprint density at radius 3 is 2.35 bits per heavy atom. The van der Waals surface area contributed by atoms with Crippen LogP contribution in [0.25, 0.3) is 10.9 Å². The van der Waals surface area contributed by atoms with Crippen molar-refractivity contribution in [3.05, 3.63) is 95.7 Å². The number of nitrogens with zero attached hydrogens (tertiary/aromatic N) is 3. The zero-order valence-corrected chi connectivity index (χ0v) is 24.8. The number of hydrogen-bond donors (Lipinski definition) is 4. The van der Waals surface area contributed by atoms with Crippen molar-refractivity contribution in [2.75, 3.05) is 50.5 Å². The molecular weight excluding hydrogens is 542 g/mol. The standard InChI is InChI=1S/C33H39N7O3/c1-22(27-20-35-28-12-8-7-11-25(27)28)30(32(42)36-29-19-23(21-38(2)3)13-14-26(29)31(34)41)37-33(43)40-17-15-39(16-18-40)24-9-5-4-6-10-24/h4-14,19-20,22,30,35H,15-18,21H2,1-3H3,(H2,34,41)(H,36,42)(H,37,43). The largest absolute Gasteiger partial charge is 0.368 e. The molecule has 4 aromatic rings. The minimum Gasteiger partial charge on any atom is -0.368 e. The Morgan fingerprint density at radius 2 is 1.65 bits per heavy atom. The summed E-state index contributed by atoms with van der Waals surface area (Å²) in [4.78, 5) is 49.2. The van der Waals surface area contributed by atoms with Crippen LogP contribution >= 0.6 is 0 Å². The van der Waals surface area contributed by atoms with E-state index < -0.39 is 23.8 Å². The predicted octanol–water partition coefficient (Wildman–Crippen LogP) is 3.97. The van der Waals surface area contributed by atoms with Gasteiger partial charge in [0.05, 0.1) is 11.3 Å². The van der Waals surface area contributed by atoms with Crippen LogP contribution in [-0.2, 0) is 11.3 Å². The lowest BCUT2D eigenvalue weighted by atomic mass is 9.92. The highest BCUT2D eigenvalue weighted by atomic mass is 16.2. The van der Waals surface area contributed by atoms with E-state index in [0.717, 1.165) is 27.7 Å². The maximum absolute atomic E-state index is 14.0. The third-order valence-corrected chi connectivity index (χ3v) is 7.97. The summed E-state index contributed by atoms with van der Waals surface area (Å²) >= 11 is 0. The van der Waals surface area contributed by atoms with Gasteiger partial charge in [0.15, 0.2) is 0 Å². The Bertz CT molecular complexity index is 1590. The average Bonchev–Trinajstić information content (AvgIpc) is 3.44. The number of carbonyl (C=O) groups is 3. The van der Waals surface area contributed by atoms with Crippen LogP contribution in [0.2, 0.25) is 0 Å². The maximum Gasteiger partial charge on any atom is 0.318 e. The second-order valence-electron chi connectivity index (χ2n) is 11.3. The minimum atomic E-state index is -0.933. The molecule has 1 saturated heterocycles. The van der Waals surface area contributed by atoms with Crippen molar-refractivity contribution in [2.24, 2.45) is 5.73 Å². The SMILES string of the molecule is CC(c1c[nH]c2ccccc12)C(NC(=O)N1CCN(c2ccccc2)CC1)C(=O)Nc1cc(CN(C)C)ccc1C(N)=O.